The lowest BCUT2D eigenvalue weighted by Crippen LogP contribution is -2.49. The normalized spacial score (nSPS) is 13.8. The zero-order valence-electron chi connectivity index (χ0n) is 11.7. The molecule has 1 amide bonds. The standard InChI is InChI=1S/C12H27N3O2/c1-6-10(2)15(7-8-17-5)9-12(3,4)11(16)14-13/h10H,6-9,13H2,1-5H3,(H,14,16). The lowest BCUT2D eigenvalue weighted by molar-refractivity contribution is -0.130. The Balaban J connectivity index is 4.55. The van der Waals surface area contributed by atoms with Crippen LogP contribution in [0.25, 0.3) is 0 Å². The van der Waals surface area contributed by atoms with Gasteiger partial charge in [-0.15, -0.1) is 0 Å². The van der Waals surface area contributed by atoms with E-state index in [0.717, 1.165) is 13.0 Å². The Labute approximate surface area is 105 Å². The average molecular weight is 245 g/mol. The van der Waals surface area contributed by atoms with Crippen molar-refractivity contribution < 1.29 is 9.53 Å². The maximum absolute atomic E-state index is 11.7. The molecular weight excluding hydrogens is 218 g/mol. The molecule has 0 heterocycles. The van der Waals surface area contributed by atoms with E-state index in [9.17, 15) is 4.79 Å². The molecule has 0 aromatic carbocycles. The van der Waals surface area contributed by atoms with Gasteiger partial charge in [0.2, 0.25) is 5.91 Å². The molecule has 0 bridgehead atoms. The van der Waals surface area contributed by atoms with Gasteiger partial charge in [-0.2, -0.15) is 0 Å². The Hall–Kier alpha value is -0.650. The number of nitrogens with two attached hydrogens (primary N) is 1. The van der Waals surface area contributed by atoms with E-state index >= 15 is 0 Å². The van der Waals surface area contributed by atoms with Crippen LogP contribution in [-0.4, -0.2) is 43.7 Å². The lowest BCUT2D eigenvalue weighted by Gasteiger charge is -2.34. The third-order valence-electron chi connectivity index (χ3n) is 3.14. The molecule has 102 valence electrons. The molecule has 0 radical (unpaired) electrons. The molecule has 0 aliphatic heterocycles. The molecule has 0 rings (SSSR count). The minimum Gasteiger partial charge on any atom is -0.383 e. The Bertz CT molecular complexity index is 232. The maximum Gasteiger partial charge on any atom is 0.240 e. The molecule has 5 heteroatoms. The second-order valence-corrected chi connectivity index (χ2v) is 5.08. The number of rotatable bonds is 8. The molecule has 0 aliphatic carbocycles. The highest BCUT2D eigenvalue weighted by Crippen LogP contribution is 2.19. The molecule has 5 nitrogen and oxygen atoms in total. The summed E-state index contributed by atoms with van der Waals surface area (Å²) >= 11 is 0. The van der Waals surface area contributed by atoms with Gasteiger partial charge in [0.15, 0.2) is 0 Å². The first kappa shape index (κ1) is 16.4. The number of nitrogens with zero attached hydrogens (tertiary/aromatic N) is 1. The van der Waals surface area contributed by atoms with Crippen LogP contribution in [0.3, 0.4) is 0 Å². The SMILES string of the molecule is CCC(C)N(CCOC)CC(C)(C)C(=O)NN. The van der Waals surface area contributed by atoms with Crippen molar-refractivity contribution in [1.82, 2.24) is 10.3 Å². The molecule has 1 unspecified atom stereocenters. The molecule has 0 aliphatic rings. The summed E-state index contributed by atoms with van der Waals surface area (Å²) in [6, 6.07) is 0.426. The number of nitrogens with one attached hydrogen (secondary N) is 1. The third kappa shape index (κ3) is 5.48. The number of hydrazine groups is 1. The van der Waals surface area contributed by atoms with Gasteiger partial charge in [0.05, 0.1) is 12.0 Å². The first-order valence-corrected chi connectivity index (χ1v) is 6.13. The Morgan fingerprint density at radius 1 is 1.53 bits per heavy atom. The summed E-state index contributed by atoms with van der Waals surface area (Å²) in [7, 11) is 1.69. The summed E-state index contributed by atoms with van der Waals surface area (Å²) in [6.07, 6.45) is 1.05. The molecule has 17 heavy (non-hydrogen) atoms. The zero-order chi connectivity index (χ0) is 13.5. The molecule has 0 saturated heterocycles. The third-order valence-corrected chi connectivity index (χ3v) is 3.14. The highest BCUT2D eigenvalue weighted by Gasteiger charge is 2.30. The fourth-order valence-corrected chi connectivity index (χ4v) is 1.70. The van der Waals surface area contributed by atoms with Gasteiger partial charge in [0.25, 0.3) is 0 Å². The van der Waals surface area contributed by atoms with Crippen molar-refractivity contribution in [3.05, 3.63) is 0 Å². The fourth-order valence-electron chi connectivity index (χ4n) is 1.70. The number of carbonyl (C=O) groups is 1. The molecule has 0 saturated carbocycles. The molecule has 1 atom stereocenters. The Morgan fingerprint density at radius 3 is 2.53 bits per heavy atom. The number of methoxy groups -OCH3 is 1. The van der Waals surface area contributed by atoms with Gasteiger partial charge in [-0.3, -0.25) is 15.1 Å². The highest BCUT2D eigenvalue weighted by atomic mass is 16.5. The van der Waals surface area contributed by atoms with Gasteiger partial charge in [-0.25, -0.2) is 5.84 Å². The summed E-state index contributed by atoms with van der Waals surface area (Å²) in [5.74, 6) is 5.06. The van der Waals surface area contributed by atoms with Crippen molar-refractivity contribution in [1.29, 1.82) is 0 Å². The number of ether oxygens (including phenoxy) is 1. The molecule has 0 aromatic rings. The van der Waals surface area contributed by atoms with Crippen LogP contribution in [0.1, 0.15) is 34.1 Å². The monoisotopic (exact) mass is 245 g/mol. The predicted molar refractivity (Wildman–Crippen MR) is 69.3 cm³/mol. The average Bonchev–Trinajstić information content (AvgIpc) is 2.32. The molecule has 0 fully saturated rings. The second kappa shape index (κ2) is 7.63. The van der Waals surface area contributed by atoms with Crippen molar-refractivity contribution in [2.45, 2.75) is 40.2 Å². The Kier molecular flexibility index (Phi) is 7.34. The minimum atomic E-state index is -0.494. The largest absolute Gasteiger partial charge is 0.383 e. The van der Waals surface area contributed by atoms with Gasteiger partial charge in [-0.1, -0.05) is 6.92 Å². The summed E-state index contributed by atoms with van der Waals surface area (Å²) in [5.41, 5.74) is 1.73. The van der Waals surface area contributed by atoms with Crippen LogP contribution < -0.4 is 11.3 Å². The van der Waals surface area contributed by atoms with Gasteiger partial charge < -0.3 is 4.74 Å². The van der Waals surface area contributed by atoms with Crippen LogP contribution >= 0.6 is 0 Å². The summed E-state index contributed by atoms with van der Waals surface area (Å²) in [6.45, 7) is 10.3. The van der Waals surface area contributed by atoms with Crippen LogP contribution in [0, 0.1) is 5.41 Å². The van der Waals surface area contributed by atoms with Crippen LogP contribution in [0.4, 0.5) is 0 Å². The van der Waals surface area contributed by atoms with Gasteiger partial charge >= 0.3 is 0 Å². The van der Waals surface area contributed by atoms with E-state index < -0.39 is 5.41 Å². The van der Waals surface area contributed by atoms with Crippen molar-refractivity contribution in [2.75, 3.05) is 26.8 Å². The first-order valence-electron chi connectivity index (χ1n) is 6.13. The summed E-state index contributed by atoms with van der Waals surface area (Å²) in [5, 5.41) is 0. The van der Waals surface area contributed by atoms with Crippen molar-refractivity contribution in [2.24, 2.45) is 11.3 Å². The summed E-state index contributed by atoms with van der Waals surface area (Å²) in [4.78, 5) is 13.9. The van der Waals surface area contributed by atoms with E-state index in [1.54, 1.807) is 7.11 Å². The quantitative estimate of drug-likeness (QED) is 0.376. The maximum atomic E-state index is 11.7. The van der Waals surface area contributed by atoms with E-state index in [-0.39, 0.29) is 5.91 Å². The first-order chi connectivity index (χ1) is 7.88. The number of carbonyl (C=O) groups excluding carboxylic acids is 1. The Morgan fingerprint density at radius 2 is 2.12 bits per heavy atom. The van der Waals surface area contributed by atoms with Crippen LogP contribution in [0.5, 0.6) is 0 Å². The number of hydrogen-bond donors (Lipinski definition) is 2. The fraction of sp³-hybridized carbons (Fsp3) is 0.917. The lowest BCUT2D eigenvalue weighted by atomic mass is 9.91. The van der Waals surface area contributed by atoms with E-state index in [0.29, 0.717) is 19.2 Å². The van der Waals surface area contributed by atoms with Crippen molar-refractivity contribution in [3.8, 4) is 0 Å². The van der Waals surface area contributed by atoms with E-state index in [2.05, 4.69) is 24.2 Å². The van der Waals surface area contributed by atoms with Gasteiger partial charge in [0.1, 0.15) is 0 Å². The van der Waals surface area contributed by atoms with E-state index in [1.807, 2.05) is 13.8 Å². The van der Waals surface area contributed by atoms with Crippen LogP contribution in [0.2, 0.25) is 0 Å². The molecule has 0 spiro atoms. The predicted octanol–water partition coefficient (Wildman–Crippen LogP) is 0.749. The minimum absolute atomic E-state index is 0.136. The van der Waals surface area contributed by atoms with Gasteiger partial charge in [0, 0.05) is 26.2 Å². The number of amides is 1. The smallest absolute Gasteiger partial charge is 0.240 e. The molecule has 3 N–H and O–H groups in total. The van der Waals surface area contributed by atoms with E-state index in [4.69, 9.17) is 10.6 Å². The molecular formula is C12H27N3O2. The van der Waals surface area contributed by atoms with Gasteiger partial charge in [-0.05, 0) is 27.2 Å². The van der Waals surface area contributed by atoms with Crippen molar-refractivity contribution >= 4 is 5.91 Å². The van der Waals surface area contributed by atoms with Crippen LogP contribution in [-0.2, 0) is 9.53 Å². The highest BCUT2D eigenvalue weighted by molar-refractivity contribution is 5.81. The molecule has 0 aromatic heterocycles. The van der Waals surface area contributed by atoms with Crippen LogP contribution in [0.15, 0.2) is 0 Å². The zero-order valence-corrected chi connectivity index (χ0v) is 11.7. The summed E-state index contributed by atoms with van der Waals surface area (Å²) < 4.78 is 5.10. The topological polar surface area (TPSA) is 67.6 Å². The van der Waals surface area contributed by atoms with Crippen molar-refractivity contribution in [3.63, 3.8) is 0 Å². The second-order valence-electron chi connectivity index (χ2n) is 5.08. The van der Waals surface area contributed by atoms with E-state index in [1.165, 1.54) is 0 Å². The number of hydrogen-bond acceptors (Lipinski definition) is 4.